The molecule has 5 heteroatoms. The standard InChI is InChI=1S/C16H22N2O3/c1-11-10-13(16(20)21)8-9-18(11)15(19)7-6-12-4-2-3-5-14(12)17/h2-5,11,13H,6-10,17H2,1H3,(H,20,21). The van der Waals surface area contributed by atoms with E-state index in [0.29, 0.717) is 37.9 Å². The molecule has 1 aromatic rings. The number of likely N-dealkylation sites (tertiary alicyclic amines) is 1. The number of aryl methyl sites for hydroxylation is 1. The van der Waals surface area contributed by atoms with Crippen molar-refractivity contribution in [3.8, 4) is 0 Å². The van der Waals surface area contributed by atoms with Crippen molar-refractivity contribution in [2.75, 3.05) is 12.3 Å². The van der Waals surface area contributed by atoms with Gasteiger partial charge in [-0.3, -0.25) is 9.59 Å². The third-order valence-electron chi connectivity index (χ3n) is 4.21. The molecule has 3 N–H and O–H groups in total. The van der Waals surface area contributed by atoms with Gasteiger partial charge in [-0.25, -0.2) is 0 Å². The van der Waals surface area contributed by atoms with Gasteiger partial charge in [0.2, 0.25) is 5.91 Å². The van der Waals surface area contributed by atoms with Gasteiger partial charge in [-0.05, 0) is 37.8 Å². The van der Waals surface area contributed by atoms with Crippen LogP contribution in [0.15, 0.2) is 24.3 Å². The first kappa shape index (κ1) is 15.4. The lowest BCUT2D eigenvalue weighted by atomic mass is 9.91. The average molecular weight is 290 g/mol. The molecule has 1 heterocycles. The maximum absolute atomic E-state index is 12.3. The minimum absolute atomic E-state index is 0.0135. The van der Waals surface area contributed by atoms with E-state index in [4.69, 9.17) is 10.8 Å². The highest BCUT2D eigenvalue weighted by Crippen LogP contribution is 2.24. The van der Waals surface area contributed by atoms with Gasteiger partial charge in [0.15, 0.2) is 0 Å². The summed E-state index contributed by atoms with van der Waals surface area (Å²) in [6, 6.07) is 7.54. The number of amides is 1. The lowest BCUT2D eigenvalue weighted by molar-refractivity contribution is -0.147. The second-order valence-corrected chi connectivity index (χ2v) is 5.69. The minimum atomic E-state index is -0.758. The number of carboxylic acids is 1. The van der Waals surface area contributed by atoms with Crippen LogP contribution in [0.2, 0.25) is 0 Å². The fraction of sp³-hybridized carbons (Fsp3) is 0.500. The molecule has 0 aromatic heterocycles. The largest absolute Gasteiger partial charge is 0.481 e. The molecular weight excluding hydrogens is 268 g/mol. The van der Waals surface area contributed by atoms with E-state index in [9.17, 15) is 9.59 Å². The lowest BCUT2D eigenvalue weighted by Crippen LogP contribution is -2.46. The van der Waals surface area contributed by atoms with E-state index in [1.807, 2.05) is 31.2 Å². The number of aliphatic carboxylic acids is 1. The molecule has 2 unspecified atom stereocenters. The highest BCUT2D eigenvalue weighted by Gasteiger charge is 2.31. The fourth-order valence-corrected chi connectivity index (χ4v) is 2.91. The Morgan fingerprint density at radius 1 is 1.38 bits per heavy atom. The van der Waals surface area contributed by atoms with E-state index in [2.05, 4.69) is 0 Å². The van der Waals surface area contributed by atoms with E-state index < -0.39 is 5.97 Å². The number of carboxylic acid groups (broad SMARTS) is 1. The predicted molar refractivity (Wildman–Crippen MR) is 80.7 cm³/mol. The van der Waals surface area contributed by atoms with Crippen molar-refractivity contribution >= 4 is 17.6 Å². The summed E-state index contributed by atoms with van der Waals surface area (Å²) in [5.74, 6) is -1.01. The van der Waals surface area contributed by atoms with Crippen LogP contribution in [0.3, 0.4) is 0 Å². The molecule has 1 aromatic carbocycles. The number of anilines is 1. The Morgan fingerprint density at radius 3 is 2.71 bits per heavy atom. The van der Waals surface area contributed by atoms with E-state index in [1.54, 1.807) is 4.90 Å². The maximum atomic E-state index is 12.3. The normalized spacial score (nSPS) is 22.0. The molecule has 1 aliphatic rings. The van der Waals surface area contributed by atoms with Crippen molar-refractivity contribution in [1.29, 1.82) is 0 Å². The summed E-state index contributed by atoms with van der Waals surface area (Å²) in [5, 5.41) is 9.05. The summed E-state index contributed by atoms with van der Waals surface area (Å²) >= 11 is 0. The fourth-order valence-electron chi connectivity index (χ4n) is 2.91. The number of hydrogen-bond acceptors (Lipinski definition) is 3. The number of rotatable bonds is 4. The van der Waals surface area contributed by atoms with Gasteiger partial charge >= 0.3 is 5.97 Å². The van der Waals surface area contributed by atoms with Crippen LogP contribution in [0.25, 0.3) is 0 Å². The summed E-state index contributed by atoms with van der Waals surface area (Å²) < 4.78 is 0. The second kappa shape index (κ2) is 6.61. The van der Waals surface area contributed by atoms with Gasteiger partial charge in [0.05, 0.1) is 5.92 Å². The van der Waals surface area contributed by atoms with Gasteiger partial charge in [0.25, 0.3) is 0 Å². The number of nitrogens with zero attached hydrogens (tertiary/aromatic N) is 1. The Bertz CT molecular complexity index is 530. The summed E-state index contributed by atoms with van der Waals surface area (Å²) in [4.78, 5) is 25.1. The zero-order valence-corrected chi connectivity index (χ0v) is 12.3. The topological polar surface area (TPSA) is 83.6 Å². The summed E-state index contributed by atoms with van der Waals surface area (Å²) in [7, 11) is 0. The van der Waals surface area contributed by atoms with Crippen molar-refractivity contribution in [2.24, 2.45) is 5.92 Å². The van der Waals surface area contributed by atoms with Crippen molar-refractivity contribution in [2.45, 2.75) is 38.6 Å². The molecule has 0 saturated carbocycles. The number of carbonyl (C=O) groups is 2. The van der Waals surface area contributed by atoms with Crippen molar-refractivity contribution < 1.29 is 14.7 Å². The van der Waals surface area contributed by atoms with Crippen LogP contribution in [0.1, 0.15) is 31.7 Å². The Hall–Kier alpha value is -2.04. The Balaban J connectivity index is 1.89. The van der Waals surface area contributed by atoms with Crippen LogP contribution in [0.5, 0.6) is 0 Å². The first-order valence-corrected chi connectivity index (χ1v) is 7.34. The highest BCUT2D eigenvalue weighted by atomic mass is 16.4. The van der Waals surface area contributed by atoms with Gasteiger partial charge in [0, 0.05) is 24.7 Å². The summed E-state index contributed by atoms with van der Waals surface area (Å²) in [6.45, 7) is 2.45. The zero-order chi connectivity index (χ0) is 15.4. The molecule has 0 bridgehead atoms. The van der Waals surface area contributed by atoms with E-state index in [1.165, 1.54) is 0 Å². The molecule has 0 radical (unpaired) electrons. The van der Waals surface area contributed by atoms with Crippen LogP contribution in [0, 0.1) is 5.92 Å². The van der Waals surface area contributed by atoms with E-state index >= 15 is 0 Å². The second-order valence-electron chi connectivity index (χ2n) is 5.69. The molecule has 0 aliphatic carbocycles. The first-order chi connectivity index (χ1) is 9.99. The Morgan fingerprint density at radius 2 is 2.10 bits per heavy atom. The number of piperidine rings is 1. The van der Waals surface area contributed by atoms with Crippen LogP contribution >= 0.6 is 0 Å². The number of nitrogens with two attached hydrogens (primary N) is 1. The number of para-hydroxylation sites is 1. The SMILES string of the molecule is CC1CC(C(=O)O)CCN1C(=O)CCc1ccccc1N. The molecule has 1 saturated heterocycles. The molecule has 5 nitrogen and oxygen atoms in total. The monoisotopic (exact) mass is 290 g/mol. The molecule has 1 amide bonds. The van der Waals surface area contributed by atoms with Gasteiger partial charge in [-0.2, -0.15) is 0 Å². The molecule has 21 heavy (non-hydrogen) atoms. The minimum Gasteiger partial charge on any atom is -0.481 e. The van der Waals surface area contributed by atoms with Crippen LogP contribution in [0.4, 0.5) is 5.69 Å². The Labute approximate surface area is 124 Å². The Kier molecular flexibility index (Phi) is 4.83. The van der Waals surface area contributed by atoms with Crippen molar-refractivity contribution in [1.82, 2.24) is 4.90 Å². The summed E-state index contributed by atoms with van der Waals surface area (Å²) in [6.07, 6.45) is 2.11. The molecule has 0 spiro atoms. The molecule has 2 rings (SSSR count). The molecule has 114 valence electrons. The van der Waals surface area contributed by atoms with Crippen molar-refractivity contribution in [3.63, 3.8) is 0 Å². The number of nitrogen functional groups attached to an aromatic ring is 1. The summed E-state index contributed by atoms with van der Waals surface area (Å²) in [5.41, 5.74) is 7.57. The molecule has 1 fully saturated rings. The van der Waals surface area contributed by atoms with Gasteiger partial charge in [-0.15, -0.1) is 0 Å². The quantitative estimate of drug-likeness (QED) is 0.830. The third kappa shape index (κ3) is 3.74. The predicted octanol–water partition coefficient (Wildman–Crippen LogP) is 1.91. The van der Waals surface area contributed by atoms with Crippen LogP contribution in [-0.2, 0) is 16.0 Å². The smallest absolute Gasteiger partial charge is 0.306 e. The zero-order valence-electron chi connectivity index (χ0n) is 12.3. The molecule has 1 aliphatic heterocycles. The highest BCUT2D eigenvalue weighted by molar-refractivity contribution is 5.78. The van der Waals surface area contributed by atoms with Gasteiger partial charge < -0.3 is 15.7 Å². The average Bonchev–Trinajstić information content (AvgIpc) is 2.46. The van der Waals surface area contributed by atoms with Crippen LogP contribution in [-0.4, -0.2) is 34.5 Å². The van der Waals surface area contributed by atoms with Crippen LogP contribution < -0.4 is 5.73 Å². The van der Waals surface area contributed by atoms with Crippen molar-refractivity contribution in [3.05, 3.63) is 29.8 Å². The molecule has 2 atom stereocenters. The van der Waals surface area contributed by atoms with Gasteiger partial charge in [0.1, 0.15) is 0 Å². The maximum Gasteiger partial charge on any atom is 0.306 e. The van der Waals surface area contributed by atoms with Gasteiger partial charge in [-0.1, -0.05) is 18.2 Å². The number of hydrogen-bond donors (Lipinski definition) is 2. The lowest BCUT2D eigenvalue weighted by Gasteiger charge is -2.36. The number of carbonyl (C=O) groups excluding carboxylic acids is 1. The first-order valence-electron chi connectivity index (χ1n) is 7.34. The molecular formula is C16H22N2O3. The third-order valence-corrected chi connectivity index (χ3v) is 4.21. The van der Waals surface area contributed by atoms with E-state index in [-0.39, 0.29) is 17.9 Å². The number of benzene rings is 1. The van der Waals surface area contributed by atoms with E-state index in [0.717, 1.165) is 5.56 Å².